The highest BCUT2D eigenvalue weighted by Gasteiger charge is 2.55. The average Bonchev–Trinajstić information content (AvgIpc) is 2.98. The summed E-state index contributed by atoms with van der Waals surface area (Å²) in [6.07, 6.45) is 1.60. The molecule has 0 radical (unpaired) electrons. The van der Waals surface area contributed by atoms with Crippen LogP contribution in [0.5, 0.6) is 5.75 Å². The minimum Gasteiger partial charge on any atom is -0.497 e. The van der Waals surface area contributed by atoms with E-state index >= 15 is 0 Å². The molecule has 2 aliphatic heterocycles. The number of hydrogen-bond donors (Lipinski definition) is 1. The molecule has 0 aliphatic carbocycles. The third kappa shape index (κ3) is 1.77. The molecule has 0 saturated carbocycles. The van der Waals surface area contributed by atoms with Gasteiger partial charge in [0.1, 0.15) is 11.3 Å². The van der Waals surface area contributed by atoms with Crippen molar-refractivity contribution < 1.29 is 14.3 Å². The normalized spacial score (nSPS) is 28.6. The quantitative estimate of drug-likeness (QED) is 0.894. The molecule has 3 rings (SSSR count). The highest BCUT2D eigenvalue weighted by molar-refractivity contribution is 5.94. The van der Waals surface area contributed by atoms with Gasteiger partial charge in [0.25, 0.3) is 0 Å². The van der Waals surface area contributed by atoms with E-state index in [2.05, 4.69) is 0 Å². The first kappa shape index (κ1) is 13.0. The van der Waals surface area contributed by atoms with E-state index in [4.69, 9.17) is 10.5 Å². The maximum atomic E-state index is 11.9. The maximum absolute atomic E-state index is 11.9. The molecule has 0 spiro atoms. The van der Waals surface area contributed by atoms with Crippen LogP contribution in [0, 0.1) is 0 Å². The van der Waals surface area contributed by atoms with Crippen LogP contribution in [0.25, 0.3) is 0 Å². The molecule has 106 valence electrons. The lowest BCUT2D eigenvalue weighted by Gasteiger charge is -2.27. The van der Waals surface area contributed by atoms with Gasteiger partial charge in [0.2, 0.25) is 11.8 Å². The zero-order chi connectivity index (χ0) is 14.3. The van der Waals surface area contributed by atoms with E-state index in [-0.39, 0.29) is 17.7 Å². The Morgan fingerprint density at radius 1 is 1.40 bits per heavy atom. The maximum Gasteiger partial charge on any atom is 0.243 e. The fraction of sp³-hybridized carbons (Fsp3) is 0.467. The molecule has 2 N–H and O–H groups in total. The summed E-state index contributed by atoms with van der Waals surface area (Å²) >= 11 is 0. The van der Waals surface area contributed by atoms with Gasteiger partial charge in [0.05, 0.1) is 7.11 Å². The molecule has 2 unspecified atom stereocenters. The summed E-state index contributed by atoms with van der Waals surface area (Å²) in [4.78, 5) is 25.5. The third-order valence-corrected chi connectivity index (χ3v) is 4.60. The van der Waals surface area contributed by atoms with Gasteiger partial charge in [0, 0.05) is 18.9 Å². The van der Waals surface area contributed by atoms with Crippen molar-refractivity contribution in [3.63, 3.8) is 0 Å². The minimum atomic E-state index is -0.762. The molecule has 2 fully saturated rings. The lowest BCUT2D eigenvalue weighted by Crippen LogP contribution is -2.50. The van der Waals surface area contributed by atoms with Crippen LogP contribution in [0.1, 0.15) is 30.7 Å². The fourth-order valence-corrected chi connectivity index (χ4v) is 3.46. The largest absolute Gasteiger partial charge is 0.497 e. The van der Waals surface area contributed by atoms with Crippen LogP contribution in [0.4, 0.5) is 0 Å². The smallest absolute Gasteiger partial charge is 0.243 e. The molecule has 2 amide bonds. The van der Waals surface area contributed by atoms with E-state index in [0.717, 1.165) is 11.3 Å². The van der Waals surface area contributed by atoms with E-state index in [1.54, 1.807) is 12.0 Å². The van der Waals surface area contributed by atoms with Crippen LogP contribution >= 0.6 is 0 Å². The second-order valence-corrected chi connectivity index (χ2v) is 5.57. The van der Waals surface area contributed by atoms with Crippen molar-refractivity contribution in [1.82, 2.24) is 4.90 Å². The molecule has 2 aliphatic rings. The van der Waals surface area contributed by atoms with Gasteiger partial charge in [-0.1, -0.05) is 12.1 Å². The monoisotopic (exact) mass is 274 g/mol. The topological polar surface area (TPSA) is 72.6 Å². The minimum absolute atomic E-state index is 0.0415. The number of nitrogens with two attached hydrogens (primary N) is 1. The highest BCUT2D eigenvalue weighted by Crippen LogP contribution is 2.45. The number of carbonyl (C=O) groups is 2. The number of benzene rings is 1. The van der Waals surface area contributed by atoms with E-state index in [0.29, 0.717) is 25.8 Å². The first-order chi connectivity index (χ1) is 9.56. The van der Waals surface area contributed by atoms with Gasteiger partial charge >= 0.3 is 0 Å². The number of primary amides is 1. The summed E-state index contributed by atoms with van der Waals surface area (Å²) in [7, 11) is 1.63. The van der Waals surface area contributed by atoms with Gasteiger partial charge < -0.3 is 15.4 Å². The Labute approximate surface area is 117 Å². The standard InChI is InChI=1S/C15H18N2O3/c1-20-12-4-2-10(3-5-12)11-8-15(14(16)19)7-6-13(18)17(15)9-11/h2-5,11H,6-9H2,1H3,(H2,16,19). The van der Waals surface area contributed by atoms with Gasteiger partial charge in [-0.2, -0.15) is 0 Å². The Balaban J connectivity index is 1.87. The van der Waals surface area contributed by atoms with Crippen LogP contribution in [0.3, 0.4) is 0 Å². The van der Waals surface area contributed by atoms with Crippen molar-refractivity contribution in [2.45, 2.75) is 30.7 Å². The summed E-state index contributed by atoms with van der Waals surface area (Å²) < 4.78 is 5.14. The highest BCUT2D eigenvalue weighted by atomic mass is 16.5. The SMILES string of the molecule is COc1ccc(C2CN3C(=O)CCC3(C(N)=O)C2)cc1. The first-order valence-corrected chi connectivity index (χ1v) is 6.81. The summed E-state index contributed by atoms with van der Waals surface area (Å²) in [5, 5.41) is 0. The number of carbonyl (C=O) groups excluding carboxylic acids is 2. The second kappa shape index (κ2) is 4.51. The van der Waals surface area contributed by atoms with Crippen molar-refractivity contribution in [2.24, 2.45) is 5.73 Å². The van der Waals surface area contributed by atoms with Gasteiger partial charge in [-0.3, -0.25) is 9.59 Å². The Morgan fingerprint density at radius 3 is 2.65 bits per heavy atom. The molecule has 2 atom stereocenters. The Kier molecular flexibility index (Phi) is 2.92. The van der Waals surface area contributed by atoms with Crippen molar-refractivity contribution in [3.05, 3.63) is 29.8 Å². The average molecular weight is 274 g/mol. The summed E-state index contributed by atoms with van der Waals surface area (Å²) in [6.45, 7) is 0.577. The lowest BCUT2D eigenvalue weighted by molar-refractivity contribution is -0.137. The molecule has 5 nitrogen and oxygen atoms in total. The van der Waals surface area contributed by atoms with E-state index in [1.165, 1.54) is 0 Å². The van der Waals surface area contributed by atoms with Crippen molar-refractivity contribution in [3.8, 4) is 5.75 Å². The summed E-state index contributed by atoms with van der Waals surface area (Å²) in [6, 6.07) is 7.78. The molecule has 2 saturated heterocycles. The number of nitrogens with zero attached hydrogens (tertiary/aromatic N) is 1. The summed E-state index contributed by atoms with van der Waals surface area (Å²) in [5.74, 6) is 0.629. The number of fused-ring (bicyclic) bond motifs is 1. The Hall–Kier alpha value is -2.04. The van der Waals surface area contributed by atoms with E-state index in [1.807, 2.05) is 24.3 Å². The summed E-state index contributed by atoms with van der Waals surface area (Å²) in [5.41, 5.74) is 5.93. The zero-order valence-corrected chi connectivity index (χ0v) is 11.5. The molecule has 2 heterocycles. The van der Waals surface area contributed by atoms with E-state index in [9.17, 15) is 9.59 Å². The number of methoxy groups -OCH3 is 1. The lowest BCUT2D eigenvalue weighted by atomic mass is 9.86. The number of amides is 2. The van der Waals surface area contributed by atoms with Gasteiger partial charge in [-0.05, 0) is 30.5 Å². The molecule has 1 aromatic rings. The second-order valence-electron chi connectivity index (χ2n) is 5.57. The molecule has 5 heteroatoms. The van der Waals surface area contributed by atoms with Crippen LogP contribution in [0.15, 0.2) is 24.3 Å². The predicted octanol–water partition coefficient (Wildman–Crippen LogP) is 1.03. The first-order valence-electron chi connectivity index (χ1n) is 6.81. The van der Waals surface area contributed by atoms with Crippen LogP contribution in [-0.4, -0.2) is 35.9 Å². The van der Waals surface area contributed by atoms with Crippen molar-refractivity contribution >= 4 is 11.8 Å². The van der Waals surface area contributed by atoms with E-state index < -0.39 is 5.54 Å². The molecule has 20 heavy (non-hydrogen) atoms. The Bertz CT molecular complexity index is 555. The number of ether oxygens (including phenoxy) is 1. The fourth-order valence-electron chi connectivity index (χ4n) is 3.46. The van der Waals surface area contributed by atoms with Crippen LogP contribution in [-0.2, 0) is 9.59 Å². The van der Waals surface area contributed by atoms with Gasteiger partial charge in [0.15, 0.2) is 0 Å². The molecular formula is C15H18N2O3. The predicted molar refractivity (Wildman–Crippen MR) is 73.2 cm³/mol. The van der Waals surface area contributed by atoms with Gasteiger partial charge in [-0.25, -0.2) is 0 Å². The van der Waals surface area contributed by atoms with Crippen molar-refractivity contribution in [2.75, 3.05) is 13.7 Å². The number of hydrogen-bond acceptors (Lipinski definition) is 3. The third-order valence-electron chi connectivity index (χ3n) is 4.60. The Morgan fingerprint density at radius 2 is 2.10 bits per heavy atom. The zero-order valence-electron chi connectivity index (χ0n) is 11.5. The molecule has 0 aromatic heterocycles. The van der Waals surface area contributed by atoms with Crippen LogP contribution in [0.2, 0.25) is 0 Å². The molecule has 0 bridgehead atoms. The van der Waals surface area contributed by atoms with Crippen molar-refractivity contribution in [1.29, 1.82) is 0 Å². The van der Waals surface area contributed by atoms with Crippen LogP contribution < -0.4 is 10.5 Å². The molecular weight excluding hydrogens is 256 g/mol. The number of rotatable bonds is 3. The van der Waals surface area contributed by atoms with Gasteiger partial charge in [-0.15, -0.1) is 0 Å². The molecule has 1 aromatic carbocycles.